The molecule has 88 valence electrons. The summed E-state index contributed by atoms with van der Waals surface area (Å²) in [5, 5.41) is 11.6. The fourth-order valence-corrected chi connectivity index (χ4v) is 1.91. The molecule has 0 aliphatic carbocycles. The summed E-state index contributed by atoms with van der Waals surface area (Å²) >= 11 is 3.45. The molecule has 0 saturated carbocycles. The fourth-order valence-electron chi connectivity index (χ4n) is 1.51. The van der Waals surface area contributed by atoms with Crippen LogP contribution < -0.4 is 5.32 Å². The molecule has 1 heterocycles. The molecular weight excluding hydrogens is 278 g/mol. The summed E-state index contributed by atoms with van der Waals surface area (Å²) in [4.78, 5) is 0. The second kappa shape index (κ2) is 5.27. The fraction of sp³-hybridized carbons (Fsp3) is 0.231. The lowest BCUT2D eigenvalue weighted by atomic mass is 10.1. The van der Waals surface area contributed by atoms with Gasteiger partial charge in [-0.25, -0.2) is 0 Å². The van der Waals surface area contributed by atoms with E-state index in [0.717, 1.165) is 21.5 Å². The molecule has 0 unspecified atom stereocenters. The Kier molecular flexibility index (Phi) is 3.74. The lowest BCUT2D eigenvalue weighted by Gasteiger charge is -2.08. The highest BCUT2D eigenvalue weighted by molar-refractivity contribution is 9.10. The Labute approximate surface area is 109 Å². The van der Waals surface area contributed by atoms with Crippen molar-refractivity contribution in [2.45, 2.75) is 19.9 Å². The van der Waals surface area contributed by atoms with Crippen LogP contribution in [0.15, 0.2) is 40.9 Å². The molecule has 1 aromatic carbocycles. The van der Waals surface area contributed by atoms with Crippen molar-refractivity contribution in [3.8, 4) is 11.3 Å². The zero-order valence-electron chi connectivity index (χ0n) is 9.81. The Balaban J connectivity index is 2.23. The summed E-state index contributed by atoms with van der Waals surface area (Å²) in [7, 11) is 0. The molecule has 0 saturated heterocycles. The van der Waals surface area contributed by atoms with Crippen LogP contribution in [0.25, 0.3) is 11.3 Å². The molecule has 17 heavy (non-hydrogen) atoms. The third-order valence-corrected chi connectivity index (χ3v) is 2.71. The van der Waals surface area contributed by atoms with Crippen molar-refractivity contribution < 1.29 is 0 Å². The van der Waals surface area contributed by atoms with Gasteiger partial charge in [0.15, 0.2) is 0 Å². The highest BCUT2D eigenvalue weighted by atomic mass is 79.9. The van der Waals surface area contributed by atoms with Gasteiger partial charge in [0.05, 0.1) is 5.69 Å². The lowest BCUT2D eigenvalue weighted by molar-refractivity contribution is 0.874. The summed E-state index contributed by atoms with van der Waals surface area (Å²) in [5.74, 6) is 0.804. The number of hydrogen-bond donors (Lipinski definition) is 1. The van der Waals surface area contributed by atoms with Crippen molar-refractivity contribution in [2.24, 2.45) is 0 Å². The molecule has 0 aliphatic rings. The van der Waals surface area contributed by atoms with E-state index in [0.29, 0.717) is 6.04 Å². The molecule has 0 aliphatic heterocycles. The normalized spacial score (nSPS) is 10.6. The predicted octanol–water partition coefficient (Wildman–Crippen LogP) is 3.73. The predicted molar refractivity (Wildman–Crippen MR) is 73.9 cm³/mol. The Morgan fingerprint density at radius 3 is 2.53 bits per heavy atom. The van der Waals surface area contributed by atoms with Crippen LogP contribution in [0.4, 0.5) is 5.82 Å². The summed E-state index contributed by atoms with van der Waals surface area (Å²) in [6.45, 7) is 4.15. The molecule has 0 amide bonds. The summed E-state index contributed by atoms with van der Waals surface area (Å²) in [6, 6.07) is 12.3. The minimum atomic E-state index is 0.362. The van der Waals surface area contributed by atoms with Crippen molar-refractivity contribution in [2.75, 3.05) is 5.32 Å². The molecule has 1 aromatic heterocycles. The van der Waals surface area contributed by atoms with Crippen LogP contribution in [-0.2, 0) is 0 Å². The SMILES string of the molecule is CC(C)Nc1ccc(-c2cccc(Br)c2)nn1. The monoisotopic (exact) mass is 291 g/mol. The number of aromatic nitrogens is 2. The number of hydrogen-bond acceptors (Lipinski definition) is 3. The molecule has 3 nitrogen and oxygen atoms in total. The smallest absolute Gasteiger partial charge is 0.148 e. The van der Waals surface area contributed by atoms with Gasteiger partial charge in [0.1, 0.15) is 5.82 Å². The van der Waals surface area contributed by atoms with Crippen LogP contribution in [0, 0.1) is 0 Å². The zero-order chi connectivity index (χ0) is 12.3. The lowest BCUT2D eigenvalue weighted by Crippen LogP contribution is -2.11. The van der Waals surface area contributed by atoms with Gasteiger partial charge in [0.2, 0.25) is 0 Å². The van der Waals surface area contributed by atoms with Crippen molar-refractivity contribution in [3.63, 3.8) is 0 Å². The first-order valence-electron chi connectivity index (χ1n) is 5.51. The van der Waals surface area contributed by atoms with Gasteiger partial charge >= 0.3 is 0 Å². The molecule has 4 heteroatoms. The van der Waals surface area contributed by atoms with Crippen LogP contribution >= 0.6 is 15.9 Å². The van der Waals surface area contributed by atoms with Crippen molar-refractivity contribution in [1.82, 2.24) is 10.2 Å². The molecule has 1 N–H and O–H groups in total. The average molecular weight is 292 g/mol. The van der Waals surface area contributed by atoms with E-state index in [2.05, 4.69) is 45.3 Å². The van der Waals surface area contributed by atoms with Gasteiger partial charge in [-0.2, -0.15) is 0 Å². The molecule has 2 rings (SSSR count). The Morgan fingerprint density at radius 2 is 1.94 bits per heavy atom. The topological polar surface area (TPSA) is 37.8 Å². The first-order valence-corrected chi connectivity index (χ1v) is 6.30. The number of anilines is 1. The van der Waals surface area contributed by atoms with Gasteiger partial charge in [0.25, 0.3) is 0 Å². The standard InChI is InChI=1S/C13H14BrN3/c1-9(2)15-13-7-6-12(16-17-13)10-4-3-5-11(14)8-10/h3-9H,1-2H3,(H,15,17). The quantitative estimate of drug-likeness (QED) is 0.936. The van der Waals surface area contributed by atoms with Crippen LogP contribution in [0.3, 0.4) is 0 Å². The molecule has 0 atom stereocenters. The maximum Gasteiger partial charge on any atom is 0.148 e. The summed E-state index contributed by atoms with van der Waals surface area (Å²) in [6.07, 6.45) is 0. The summed E-state index contributed by atoms with van der Waals surface area (Å²) < 4.78 is 1.04. The first kappa shape index (κ1) is 12.0. The Morgan fingerprint density at radius 1 is 1.12 bits per heavy atom. The van der Waals surface area contributed by atoms with Crippen molar-refractivity contribution >= 4 is 21.7 Å². The van der Waals surface area contributed by atoms with Crippen molar-refractivity contribution in [1.29, 1.82) is 0 Å². The van der Waals surface area contributed by atoms with E-state index in [1.165, 1.54) is 0 Å². The van der Waals surface area contributed by atoms with E-state index in [1.807, 2.05) is 36.4 Å². The van der Waals surface area contributed by atoms with E-state index < -0.39 is 0 Å². The van der Waals surface area contributed by atoms with Crippen LogP contribution in [-0.4, -0.2) is 16.2 Å². The second-order valence-corrected chi connectivity index (χ2v) is 5.03. The van der Waals surface area contributed by atoms with Crippen molar-refractivity contribution in [3.05, 3.63) is 40.9 Å². The van der Waals surface area contributed by atoms with E-state index in [9.17, 15) is 0 Å². The number of nitrogens with zero attached hydrogens (tertiary/aromatic N) is 2. The molecule has 0 bridgehead atoms. The Bertz CT molecular complexity index is 494. The van der Waals surface area contributed by atoms with Gasteiger partial charge in [-0.05, 0) is 38.1 Å². The van der Waals surface area contributed by atoms with Gasteiger partial charge in [0, 0.05) is 16.1 Å². The van der Waals surface area contributed by atoms with Gasteiger partial charge in [-0.15, -0.1) is 10.2 Å². The number of rotatable bonds is 3. The van der Waals surface area contributed by atoms with Gasteiger partial charge in [-0.1, -0.05) is 28.1 Å². The van der Waals surface area contributed by atoms with E-state index >= 15 is 0 Å². The minimum Gasteiger partial charge on any atom is -0.366 e. The van der Waals surface area contributed by atoms with Gasteiger partial charge < -0.3 is 5.32 Å². The third kappa shape index (κ3) is 3.27. The first-order chi connectivity index (χ1) is 8.15. The maximum atomic E-state index is 4.21. The minimum absolute atomic E-state index is 0.362. The number of halogens is 1. The highest BCUT2D eigenvalue weighted by Gasteiger charge is 2.02. The van der Waals surface area contributed by atoms with E-state index in [4.69, 9.17) is 0 Å². The van der Waals surface area contributed by atoms with E-state index in [1.54, 1.807) is 0 Å². The number of nitrogens with one attached hydrogen (secondary N) is 1. The van der Waals surface area contributed by atoms with Crippen LogP contribution in [0.1, 0.15) is 13.8 Å². The molecule has 0 fully saturated rings. The Hall–Kier alpha value is -1.42. The third-order valence-electron chi connectivity index (χ3n) is 2.22. The average Bonchev–Trinajstić information content (AvgIpc) is 2.29. The van der Waals surface area contributed by atoms with Gasteiger partial charge in [-0.3, -0.25) is 0 Å². The second-order valence-electron chi connectivity index (χ2n) is 4.11. The largest absolute Gasteiger partial charge is 0.366 e. The maximum absolute atomic E-state index is 4.21. The summed E-state index contributed by atoms with van der Waals surface area (Å²) in [5.41, 5.74) is 1.93. The van der Waals surface area contributed by atoms with E-state index in [-0.39, 0.29) is 0 Å². The molecule has 2 aromatic rings. The number of benzene rings is 1. The van der Waals surface area contributed by atoms with Crippen LogP contribution in [0.2, 0.25) is 0 Å². The molecular formula is C13H14BrN3. The van der Waals surface area contributed by atoms with Crippen LogP contribution in [0.5, 0.6) is 0 Å². The molecule has 0 spiro atoms. The molecule has 0 radical (unpaired) electrons. The highest BCUT2D eigenvalue weighted by Crippen LogP contribution is 2.21. The zero-order valence-corrected chi connectivity index (χ0v) is 11.4.